The molecule has 0 amide bonds. The van der Waals surface area contributed by atoms with Crippen LogP contribution in [0.1, 0.15) is 89.4 Å². The lowest BCUT2D eigenvalue weighted by molar-refractivity contribution is 0.114. The Labute approximate surface area is 170 Å². The van der Waals surface area contributed by atoms with Gasteiger partial charge in [-0.3, -0.25) is 4.98 Å². The minimum Gasteiger partial charge on any atom is -0.394 e. The summed E-state index contributed by atoms with van der Waals surface area (Å²) in [6.45, 7) is 5.43. The first kappa shape index (κ1) is 24.4. The molecule has 0 bridgehead atoms. The maximum atomic E-state index is 9.22. The highest BCUT2D eigenvalue weighted by molar-refractivity contribution is 7.99. The van der Waals surface area contributed by atoms with E-state index in [4.69, 9.17) is 10.5 Å². The quantitative estimate of drug-likeness (QED) is 0.272. The van der Waals surface area contributed by atoms with Crippen molar-refractivity contribution in [3.05, 3.63) is 29.6 Å². The summed E-state index contributed by atoms with van der Waals surface area (Å²) in [7, 11) is 0. The zero-order valence-electron chi connectivity index (χ0n) is 17.4. The molecule has 156 valence electrons. The Balaban J connectivity index is 2.04. The van der Waals surface area contributed by atoms with Crippen molar-refractivity contribution < 1.29 is 9.84 Å². The van der Waals surface area contributed by atoms with Crippen LogP contribution in [0, 0.1) is 0 Å². The molecule has 0 aromatic carbocycles. The molecule has 1 rings (SSSR count). The molecule has 5 heteroatoms. The summed E-state index contributed by atoms with van der Waals surface area (Å²) >= 11 is 1.51. The number of unbranched alkanes of at least 4 members (excludes halogenated alkanes) is 9. The number of aliphatic hydroxyl groups excluding tert-OH is 1. The third-order valence-electron chi connectivity index (χ3n) is 4.62. The van der Waals surface area contributed by atoms with Gasteiger partial charge in [0.1, 0.15) is 0 Å². The minimum atomic E-state index is -0.621. The van der Waals surface area contributed by atoms with E-state index < -0.39 is 4.87 Å². The van der Waals surface area contributed by atoms with Crippen LogP contribution in [0.5, 0.6) is 0 Å². The maximum Gasteiger partial charge on any atom is 0.0887 e. The Morgan fingerprint density at radius 3 is 2.22 bits per heavy atom. The third-order valence-corrected chi connectivity index (χ3v) is 5.85. The van der Waals surface area contributed by atoms with Crippen LogP contribution in [0.25, 0.3) is 0 Å². The van der Waals surface area contributed by atoms with Crippen LogP contribution in [0.2, 0.25) is 0 Å². The lowest BCUT2D eigenvalue weighted by Gasteiger charge is -2.20. The summed E-state index contributed by atoms with van der Waals surface area (Å²) in [4.78, 5) is 3.99. The number of thioether (sulfide) groups is 1. The Kier molecular flexibility index (Phi) is 13.9. The molecule has 0 saturated carbocycles. The van der Waals surface area contributed by atoms with Crippen molar-refractivity contribution in [2.45, 2.75) is 95.3 Å². The van der Waals surface area contributed by atoms with Gasteiger partial charge in [0.15, 0.2) is 0 Å². The number of nitrogens with zero attached hydrogens (tertiary/aromatic N) is 1. The van der Waals surface area contributed by atoms with Crippen LogP contribution in [-0.4, -0.2) is 28.2 Å². The van der Waals surface area contributed by atoms with Crippen molar-refractivity contribution in [1.82, 2.24) is 4.98 Å². The molecule has 4 nitrogen and oxygen atoms in total. The highest BCUT2D eigenvalue weighted by atomic mass is 32.2. The Morgan fingerprint density at radius 2 is 1.59 bits per heavy atom. The van der Waals surface area contributed by atoms with Gasteiger partial charge in [0.2, 0.25) is 0 Å². The van der Waals surface area contributed by atoms with E-state index in [0.29, 0.717) is 12.4 Å². The molecule has 0 aliphatic carbocycles. The second-order valence-electron chi connectivity index (χ2n) is 7.61. The molecule has 1 aromatic heterocycles. The SMILES string of the molecule is CCCCCCCCCCCCOCc1cccc(CS[C@@](C)(N)CO)n1. The number of hydrogen-bond donors (Lipinski definition) is 2. The summed E-state index contributed by atoms with van der Waals surface area (Å²) in [5.74, 6) is 0.694. The van der Waals surface area contributed by atoms with E-state index in [1.165, 1.54) is 69.5 Å². The molecule has 0 radical (unpaired) electrons. The van der Waals surface area contributed by atoms with Crippen molar-refractivity contribution in [3.63, 3.8) is 0 Å². The van der Waals surface area contributed by atoms with Gasteiger partial charge < -0.3 is 15.6 Å². The first-order chi connectivity index (χ1) is 13.1. The highest BCUT2D eigenvalue weighted by Gasteiger charge is 2.17. The average molecular weight is 397 g/mol. The summed E-state index contributed by atoms with van der Waals surface area (Å²) < 4.78 is 5.78. The van der Waals surface area contributed by atoms with E-state index in [0.717, 1.165) is 24.4 Å². The number of pyridine rings is 1. The Morgan fingerprint density at radius 1 is 1.00 bits per heavy atom. The standard InChI is InChI=1S/C22H40N2O2S/c1-3-4-5-6-7-8-9-10-11-12-16-26-17-20-14-13-15-21(24-20)18-27-22(2,23)19-25/h13-15,25H,3-12,16-19,23H2,1-2H3/t22-/m1/s1. The summed E-state index contributed by atoms with van der Waals surface area (Å²) in [5.41, 5.74) is 7.88. The van der Waals surface area contributed by atoms with Gasteiger partial charge in [0.25, 0.3) is 0 Å². The highest BCUT2D eigenvalue weighted by Crippen LogP contribution is 2.22. The van der Waals surface area contributed by atoms with E-state index in [1.54, 1.807) is 0 Å². The van der Waals surface area contributed by atoms with Crippen LogP contribution in [0.4, 0.5) is 0 Å². The number of hydrogen-bond acceptors (Lipinski definition) is 5. The molecule has 27 heavy (non-hydrogen) atoms. The van der Waals surface area contributed by atoms with E-state index in [1.807, 2.05) is 25.1 Å². The predicted molar refractivity (Wildman–Crippen MR) is 117 cm³/mol. The molecular formula is C22H40N2O2S. The molecule has 0 fully saturated rings. The first-order valence-electron chi connectivity index (χ1n) is 10.6. The molecule has 0 saturated heterocycles. The summed E-state index contributed by atoms with van der Waals surface area (Å²) in [5, 5.41) is 9.22. The third kappa shape index (κ3) is 13.2. The van der Waals surface area contributed by atoms with Gasteiger partial charge in [0, 0.05) is 12.4 Å². The van der Waals surface area contributed by atoms with Crippen LogP contribution in [-0.2, 0) is 17.1 Å². The topological polar surface area (TPSA) is 68.4 Å². The van der Waals surface area contributed by atoms with E-state index in [9.17, 15) is 5.11 Å². The van der Waals surface area contributed by atoms with Gasteiger partial charge >= 0.3 is 0 Å². The zero-order valence-corrected chi connectivity index (χ0v) is 18.2. The van der Waals surface area contributed by atoms with Crippen molar-refractivity contribution in [3.8, 4) is 0 Å². The van der Waals surface area contributed by atoms with E-state index in [-0.39, 0.29) is 6.61 Å². The van der Waals surface area contributed by atoms with Crippen molar-refractivity contribution >= 4 is 11.8 Å². The van der Waals surface area contributed by atoms with Gasteiger partial charge in [-0.1, -0.05) is 70.8 Å². The lowest BCUT2D eigenvalue weighted by Crippen LogP contribution is -2.36. The molecule has 1 aromatic rings. The number of aliphatic hydroxyl groups is 1. The molecule has 1 atom stereocenters. The first-order valence-corrected chi connectivity index (χ1v) is 11.6. The molecule has 0 unspecified atom stereocenters. The number of rotatable bonds is 17. The monoisotopic (exact) mass is 396 g/mol. The van der Waals surface area contributed by atoms with Gasteiger partial charge in [-0.05, 0) is 25.5 Å². The van der Waals surface area contributed by atoms with Crippen LogP contribution in [0.15, 0.2) is 18.2 Å². The van der Waals surface area contributed by atoms with Crippen LogP contribution in [0.3, 0.4) is 0 Å². The fourth-order valence-electron chi connectivity index (χ4n) is 2.84. The normalized spacial score (nSPS) is 13.6. The van der Waals surface area contributed by atoms with Crippen molar-refractivity contribution in [2.75, 3.05) is 13.2 Å². The zero-order chi connectivity index (χ0) is 19.8. The molecule has 0 aliphatic rings. The van der Waals surface area contributed by atoms with Gasteiger partial charge in [0.05, 0.1) is 29.5 Å². The summed E-state index contributed by atoms with van der Waals surface area (Å²) in [6.07, 6.45) is 13.4. The molecule has 0 spiro atoms. The van der Waals surface area contributed by atoms with E-state index >= 15 is 0 Å². The summed E-state index contributed by atoms with van der Waals surface area (Å²) in [6, 6.07) is 6.00. The second kappa shape index (κ2) is 15.3. The second-order valence-corrected chi connectivity index (χ2v) is 9.12. The molecule has 1 heterocycles. The predicted octanol–water partition coefficient (Wildman–Crippen LogP) is 5.42. The van der Waals surface area contributed by atoms with E-state index in [2.05, 4.69) is 11.9 Å². The molecule has 0 aliphatic heterocycles. The van der Waals surface area contributed by atoms with Crippen molar-refractivity contribution in [2.24, 2.45) is 5.73 Å². The van der Waals surface area contributed by atoms with Gasteiger partial charge in [-0.25, -0.2) is 0 Å². The van der Waals surface area contributed by atoms with Crippen molar-refractivity contribution in [1.29, 1.82) is 0 Å². The average Bonchev–Trinajstić information content (AvgIpc) is 2.68. The fourth-order valence-corrected chi connectivity index (χ4v) is 3.57. The van der Waals surface area contributed by atoms with Gasteiger partial charge in [-0.2, -0.15) is 0 Å². The number of nitrogens with two attached hydrogens (primary N) is 1. The number of aromatic nitrogens is 1. The largest absolute Gasteiger partial charge is 0.394 e. The van der Waals surface area contributed by atoms with Gasteiger partial charge in [-0.15, -0.1) is 11.8 Å². The Bertz CT molecular complexity index is 483. The van der Waals surface area contributed by atoms with Crippen LogP contribution >= 0.6 is 11.8 Å². The smallest absolute Gasteiger partial charge is 0.0887 e. The fraction of sp³-hybridized carbons (Fsp3) is 0.773. The maximum absolute atomic E-state index is 9.22. The minimum absolute atomic E-state index is 0.0423. The lowest BCUT2D eigenvalue weighted by atomic mass is 10.1. The molecular weight excluding hydrogens is 356 g/mol. The number of ether oxygens (including phenoxy) is 1. The molecule has 3 N–H and O–H groups in total. The van der Waals surface area contributed by atoms with Crippen LogP contribution < -0.4 is 5.73 Å². The Hall–Kier alpha value is -0.620.